The van der Waals surface area contributed by atoms with Crippen LogP contribution in [0.3, 0.4) is 0 Å². The minimum Gasteiger partial charge on any atom is -0.376 e. The third kappa shape index (κ3) is 9.49. The first-order chi connectivity index (χ1) is 12.8. The topological polar surface area (TPSA) is 21.7 Å². The standard InChI is InChI=1S/C23H43F2NO2/c1-21(2,3)16-18-14-20(15-18)28-19-8-11-26(12-9-19)17-23(24,25)10-7-13-27-22(4,5)6/h18-20H,7-17H2,1-6H3. The SMILES string of the molecule is CC(C)(C)CC1CC(OC2CCN(CC(F)(F)CCCOC(C)(C)C)CC2)C1. The van der Waals surface area contributed by atoms with Crippen molar-refractivity contribution in [1.82, 2.24) is 4.90 Å². The predicted octanol–water partition coefficient (Wildman–Crippen LogP) is 5.91. The van der Waals surface area contributed by atoms with Gasteiger partial charge in [-0.1, -0.05) is 20.8 Å². The Labute approximate surface area is 171 Å². The molecule has 2 aliphatic rings. The average Bonchev–Trinajstić information content (AvgIpc) is 2.49. The Morgan fingerprint density at radius 2 is 1.54 bits per heavy atom. The van der Waals surface area contributed by atoms with Gasteiger partial charge in [0.05, 0.1) is 24.4 Å². The van der Waals surface area contributed by atoms with Gasteiger partial charge in [0.15, 0.2) is 0 Å². The van der Waals surface area contributed by atoms with Gasteiger partial charge in [-0.15, -0.1) is 0 Å². The molecule has 0 spiro atoms. The van der Waals surface area contributed by atoms with Gasteiger partial charge in [0, 0.05) is 26.1 Å². The number of hydrogen-bond donors (Lipinski definition) is 0. The molecule has 0 aromatic heterocycles. The fourth-order valence-corrected chi connectivity index (χ4v) is 4.41. The van der Waals surface area contributed by atoms with Crippen molar-refractivity contribution in [2.45, 2.75) is 110 Å². The molecule has 0 bridgehead atoms. The van der Waals surface area contributed by atoms with E-state index in [4.69, 9.17) is 9.47 Å². The number of nitrogens with zero attached hydrogens (tertiary/aromatic N) is 1. The highest BCUT2D eigenvalue weighted by atomic mass is 19.3. The molecular weight excluding hydrogens is 360 g/mol. The molecule has 2 rings (SSSR count). The minimum absolute atomic E-state index is 0.100. The second kappa shape index (κ2) is 9.70. The Morgan fingerprint density at radius 3 is 2.07 bits per heavy atom. The van der Waals surface area contributed by atoms with Crippen LogP contribution in [0, 0.1) is 11.3 Å². The largest absolute Gasteiger partial charge is 0.376 e. The lowest BCUT2D eigenvalue weighted by Crippen LogP contribution is -2.45. The summed E-state index contributed by atoms with van der Waals surface area (Å²) in [6, 6.07) is 0. The van der Waals surface area contributed by atoms with Gasteiger partial charge in [-0.05, 0) is 70.6 Å². The first kappa shape index (κ1) is 24.0. The van der Waals surface area contributed by atoms with Gasteiger partial charge in [-0.2, -0.15) is 0 Å². The highest BCUT2D eigenvalue weighted by Gasteiger charge is 2.36. The third-order valence-electron chi connectivity index (χ3n) is 5.69. The molecule has 1 saturated carbocycles. The molecule has 28 heavy (non-hydrogen) atoms. The van der Waals surface area contributed by atoms with Crippen LogP contribution in [0.5, 0.6) is 0 Å². The van der Waals surface area contributed by atoms with E-state index in [0.717, 1.165) is 31.8 Å². The number of halogens is 2. The van der Waals surface area contributed by atoms with E-state index in [9.17, 15) is 8.78 Å². The fraction of sp³-hybridized carbons (Fsp3) is 1.00. The molecule has 0 aromatic rings. The summed E-state index contributed by atoms with van der Waals surface area (Å²) >= 11 is 0. The Bertz CT molecular complexity index is 456. The number of alkyl halides is 2. The summed E-state index contributed by atoms with van der Waals surface area (Å²) in [6.45, 7) is 14.4. The van der Waals surface area contributed by atoms with Gasteiger partial charge in [0.2, 0.25) is 0 Å². The number of piperidine rings is 1. The maximum Gasteiger partial charge on any atom is 0.260 e. The van der Waals surface area contributed by atoms with E-state index < -0.39 is 5.92 Å². The van der Waals surface area contributed by atoms with Gasteiger partial charge in [0.25, 0.3) is 5.92 Å². The molecule has 0 N–H and O–H groups in total. The van der Waals surface area contributed by atoms with E-state index in [1.54, 1.807) is 0 Å². The van der Waals surface area contributed by atoms with E-state index >= 15 is 0 Å². The maximum absolute atomic E-state index is 14.2. The second-order valence-electron chi connectivity index (χ2n) is 11.3. The molecule has 0 radical (unpaired) electrons. The first-order valence-corrected chi connectivity index (χ1v) is 11.2. The van der Waals surface area contributed by atoms with E-state index in [0.29, 0.717) is 24.5 Å². The lowest BCUT2D eigenvalue weighted by atomic mass is 9.72. The number of ether oxygens (including phenoxy) is 2. The minimum atomic E-state index is -2.64. The van der Waals surface area contributed by atoms with Crippen molar-refractivity contribution < 1.29 is 18.3 Å². The van der Waals surface area contributed by atoms with Crippen molar-refractivity contribution in [1.29, 1.82) is 0 Å². The van der Waals surface area contributed by atoms with Crippen LogP contribution in [-0.4, -0.2) is 54.9 Å². The van der Waals surface area contributed by atoms with Crippen LogP contribution in [0.2, 0.25) is 0 Å². The van der Waals surface area contributed by atoms with Gasteiger partial charge in [-0.3, -0.25) is 4.90 Å². The van der Waals surface area contributed by atoms with Crippen molar-refractivity contribution in [3.05, 3.63) is 0 Å². The molecule has 0 atom stereocenters. The molecule has 1 aliphatic carbocycles. The van der Waals surface area contributed by atoms with E-state index in [-0.39, 0.29) is 24.7 Å². The molecule has 0 unspecified atom stereocenters. The van der Waals surface area contributed by atoms with E-state index in [2.05, 4.69) is 20.8 Å². The Balaban J connectivity index is 1.58. The Kier molecular flexibility index (Phi) is 8.32. The summed E-state index contributed by atoms with van der Waals surface area (Å²) in [5, 5.41) is 0. The highest BCUT2D eigenvalue weighted by Crippen LogP contribution is 2.40. The Hall–Kier alpha value is -0.260. The summed E-state index contributed by atoms with van der Waals surface area (Å²) in [4.78, 5) is 1.91. The summed E-state index contributed by atoms with van der Waals surface area (Å²) < 4.78 is 40.3. The summed E-state index contributed by atoms with van der Waals surface area (Å²) in [7, 11) is 0. The molecule has 5 heteroatoms. The second-order valence-corrected chi connectivity index (χ2v) is 11.3. The van der Waals surface area contributed by atoms with E-state index in [1.807, 2.05) is 25.7 Å². The normalized spacial score (nSPS) is 25.7. The van der Waals surface area contributed by atoms with Crippen molar-refractivity contribution in [2.75, 3.05) is 26.2 Å². The maximum atomic E-state index is 14.2. The molecule has 166 valence electrons. The smallest absolute Gasteiger partial charge is 0.260 e. The van der Waals surface area contributed by atoms with Crippen LogP contribution in [0.25, 0.3) is 0 Å². The number of rotatable bonds is 9. The number of hydrogen-bond acceptors (Lipinski definition) is 3. The molecule has 1 saturated heterocycles. The average molecular weight is 404 g/mol. The lowest BCUT2D eigenvalue weighted by molar-refractivity contribution is -0.109. The molecule has 0 amide bonds. The van der Waals surface area contributed by atoms with Crippen LogP contribution in [0.15, 0.2) is 0 Å². The van der Waals surface area contributed by atoms with Crippen LogP contribution in [0.4, 0.5) is 8.78 Å². The third-order valence-corrected chi connectivity index (χ3v) is 5.69. The fourth-order valence-electron chi connectivity index (χ4n) is 4.41. The summed E-state index contributed by atoms with van der Waals surface area (Å²) in [6.07, 6.45) is 6.32. The predicted molar refractivity (Wildman–Crippen MR) is 111 cm³/mol. The molecule has 1 heterocycles. The van der Waals surface area contributed by atoms with Crippen molar-refractivity contribution in [3.8, 4) is 0 Å². The molecular formula is C23H43F2NO2. The lowest BCUT2D eigenvalue weighted by Gasteiger charge is -2.42. The van der Waals surface area contributed by atoms with Crippen LogP contribution in [0.1, 0.15) is 86.5 Å². The van der Waals surface area contributed by atoms with Crippen molar-refractivity contribution in [3.63, 3.8) is 0 Å². The monoisotopic (exact) mass is 403 g/mol. The van der Waals surface area contributed by atoms with Crippen LogP contribution >= 0.6 is 0 Å². The zero-order chi connectivity index (χ0) is 21.0. The molecule has 2 fully saturated rings. The van der Waals surface area contributed by atoms with Crippen LogP contribution < -0.4 is 0 Å². The zero-order valence-corrected chi connectivity index (χ0v) is 19.0. The Morgan fingerprint density at radius 1 is 0.929 bits per heavy atom. The zero-order valence-electron chi connectivity index (χ0n) is 19.0. The molecule has 3 nitrogen and oxygen atoms in total. The quantitative estimate of drug-likeness (QED) is 0.447. The highest BCUT2D eigenvalue weighted by molar-refractivity contribution is 4.86. The van der Waals surface area contributed by atoms with Crippen LogP contribution in [-0.2, 0) is 9.47 Å². The summed E-state index contributed by atoms with van der Waals surface area (Å²) in [5.41, 5.74) is 0.134. The summed E-state index contributed by atoms with van der Waals surface area (Å²) in [5.74, 6) is -1.84. The van der Waals surface area contributed by atoms with Crippen molar-refractivity contribution >= 4 is 0 Å². The van der Waals surface area contributed by atoms with Gasteiger partial charge in [0.1, 0.15) is 0 Å². The van der Waals surface area contributed by atoms with E-state index in [1.165, 1.54) is 19.3 Å². The molecule has 1 aliphatic heterocycles. The van der Waals surface area contributed by atoms with Gasteiger partial charge < -0.3 is 9.47 Å². The van der Waals surface area contributed by atoms with Crippen molar-refractivity contribution in [2.24, 2.45) is 11.3 Å². The molecule has 0 aromatic carbocycles. The van der Waals surface area contributed by atoms with Gasteiger partial charge in [-0.25, -0.2) is 8.78 Å². The first-order valence-electron chi connectivity index (χ1n) is 11.2. The van der Waals surface area contributed by atoms with Gasteiger partial charge >= 0.3 is 0 Å². The number of likely N-dealkylation sites (tertiary alicyclic amines) is 1.